The van der Waals surface area contributed by atoms with Crippen molar-refractivity contribution >= 4 is 29.6 Å². The van der Waals surface area contributed by atoms with Gasteiger partial charge in [-0.15, -0.1) is 0 Å². The van der Waals surface area contributed by atoms with Crippen LogP contribution < -0.4 is 0 Å². The molecule has 3 nitrogen and oxygen atoms in total. The maximum absolute atomic E-state index is 8.67. The van der Waals surface area contributed by atoms with Crippen molar-refractivity contribution in [2.45, 2.75) is 0 Å². The van der Waals surface area contributed by atoms with Crippen LogP contribution in [-0.2, 0) is 22.7 Å². The Balaban J connectivity index is 0. The second-order valence-electron chi connectivity index (χ2n) is 0.238. The summed E-state index contributed by atoms with van der Waals surface area (Å²) in [5.74, 6) is 0. The summed E-state index contributed by atoms with van der Waals surface area (Å²) in [5.41, 5.74) is 0. The van der Waals surface area contributed by atoms with Gasteiger partial charge in [0, 0.05) is 0 Å². The summed E-state index contributed by atoms with van der Waals surface area (Å²) < 4.78 is 24.4. The standard InChI is InChI=1S/Na.H2O.2O.V.H/h;1H2;;;;/q;;;;+1;/p-1. The number of hydrogen-bond acceptors (Lipinski definition) is 2. The van der Waals surface area contributed by atoms with E-state index in [2.05, 4.69) is 0 Å². The molecule has 0 aliphatic heterocycles. The zero-order valence-electron chi connectivity index (χ0n) is 1.71. The van der Waals surface area contributed by atoms with E-state index in [0.717, 1.165) is 0 Å². The SMILES string of the molecule is [NaH].[O]=[V](=[O])[OH]. The van der Waals surface area contributed by atoms with Gasteiger partial charge in [0.15, 0.2) is 0 Å². The zero-order valence-corrected chi connectivity index (χ0v) is 3.11. The molecule has 0 aromatic heterocycles. The Bertz CT molecular complexity index is 55.3. The first-order chi connectivity index (χ1) is 1.73. The van der Waals surface area contributed by atoms with Crippen LogP contribution in [0.4, 0.5) is 0 Å². The third-order valence-corrected chi connectivity index (χ3v) is 0. The summed E-state index contributed by atoms with van der Waals surface area (Å²) in [6, 6.07) is 0. The van der Waals surface area contributed by atoms with Crippen LogP contribution in [0.15, 0.2) is 0 Å². The van der Waals surface area contributed by atoms with Gasteiger partial charge in [0.2, 0.25) is 0 Å². The van der Waals surface area contributed by atoms with E-state index in [-0.39, 0.29) is 29.6 Å². The first-order valence-electron chi connectivity index (χ1n) is 0.565. The predicted octanol–water partition coefficient (Wildman–Crippen LogP) is -1.45. The van der Waals surface area contributed by atoms with E-state index in [1.807, 2.05) is 0 Å². The normalized spacial score (nSPS) is 5.00. The summed E-state index contributed by atoms with van der Waals surface area (Å²) in [5, 5.41) is 0. The Morgan fingerprint density at radius 3 is 1.40 bits per heavy atom. The number of rotatable bonds is 0. The molecule has 26 valence electrons. The molecule has 1 N–H and O–H groups in total. The summed E-state index contributed by atoms with van der Waals surface area (Å²) in [7, 11) is 0. The topological polar surface area (TPSA) is 54.4 Å². The van der Waals surface area contributed by atoms with Crippen molar-refractivity contribution < 1.29 is 26.8 Å². The molecular formula is H2NaO3V. The van der Waals surface area contributed by atoms with Gasteiger partial charge in [0.1, 0.15) is 0 Å². The molecule has 0 amide bonds. The summed E-state index contributed by atoms with van der Waals surface area (Å²) >= 11 is -3.69. The molecule has 0 bridgehead atoms. The number of hydrogen-bond donors (Lipinski definition) is 1. The van der Waals surface area contributed by atoms with Crippen LogP contribution in [0.25, 0.3) is 0 Å². The summed E-state index contributed by atoms with van der Waals surface area (Å²) in [4.78, 5) is 0. The van der Waals surface area contributed by atoms with Gasteiger partial charge in [-0.05, 0) is 0 Å². The fraction of sp³-hybridized carbons (Fsp3) is 0. The molecule has 0 saturated heterocycles. The van der Waals surface area contributed by atoms with Crippen molar-refractivity contribution in [3.05, 3.63) is 0 Å². The molecule has 0 heterocycles. The molecule has 5 heteroatoms. The molecule has 5 heavy (non-hydrogen) atoms. The zero-order chi connectivity index (χ0) is 3.58. The van der Waals surface area contributed by atoms with E-state index in [1.54, 1.807) is 0 Å². The Hall–Kier alpha value is 1.14. The minimum atomic E-state index is -3.69. The summed E-state index contributed by atoms with van der Waals surface area (Å²) in [6.45, 7) is 0. The van der Waals surface area contributed by atoms with Gasteiger partial charge in [-0.1, -0.05) is 0 Å². The Morgan fingerprint density at radius 1 is 1.40 bits per heavy atom. The van der Waals surface area contributed by atoms with Crippen molar-refractivity contribution in [1.29, 1.82) is 0 Å². The van der Waals surface area contributed by atoms with E-state index in [9.17, 15) is 0 Å². The quantitative estimate of drug-likeness (QED) is 0.402. The van der Waals surface area contributed by atoms with Crippen LogP contribution in [0.3, 0.4) is 0 Å². The summed E-state index contributed by atoms with van der Waals surface area (Å²) in [6.07, 6.45) is 0. The van der Waals surface area contributed by atoms with Crippen LogP contribution in [0, 0.1) is 0 Å². The van der Waals surface area contributed by atoms with Crippen molar-refractivity contribution in [2.24, 2.45) is 0 Å². The van der Waals surface area contributed by atoms with Crippen molar-refractivity contribution in [3.63, 3.8) is 0 Å². The van der Waals surface area contributed by atoms with Gasteiger partial charge in [-0.25, -0.2) is 0 Å². The molecule has 0 radical (unpaired) electrons. The third-order valence-electron chi connectivity index (χ3n) is 0. The van der Waals surface area contributed by atoms with Gasteiger partial charge in [0.05, 0.1) is 0 Å². The van der Waals surface area contributed by atoms with E-state index in [1.165, 1.54) is 0 Å². The average Bonchev–Trinajstić information content (AvgIpc) is 0.811. The molecule has 0 spiro atoms. The molecule has 0 aromatic rings. The first kappa shape index (κ1) is 9.47. The minimum absolute atomic E-state index is 0. The first-order valence-corrected chi connectivity index (χ1v) is 2.33. The molecule has 0 saturated carbocycles. The van der Waals surface area contributed by atoms with Gasteiger partial charge in [-0.2, -0.15) is 0 Å². The second-order valence-corrected chi connectivity index (χ2v) is 0.981. The van der Waals surface area contributed by atoms with Gasteiger partial charge in [0.25, 0.3) is 0 Å². The molecule has 0 atom stereocenters. The third kappa shape index (κ3) is 38.8. The molecule has 0 fully saturated rings. The van der Waals surface area contributed by atoms with E-state index in [4.69, 9.17) is 11.4 Å². The van der Waals surface area contributed by atoms with E-state index in [0.29, 0.717) is 0 Å². The van der Waals surface area contributed by atoms with Crippen molar-refractivity contribution in [2.75, 3.05) is 0 Å². The molecule has 0 rings (SSSR count). The average molecular weight is 124 g/mol. The van der Waals surface area contributed by atoms with Crippen LogP contribution >= 0.6 is 0 Å². The Kier molecular flexibility index (Phi) is 9.74. The van der Waals surface area contributed by atoms with Crippen LogP contribution in [0.5, 0.6) is 0 Å². The Morgan fingerprint density at radius 2 is 1.40 bits per heavy atom. The molecular weight excluding hydrogens is 122 g/mol. The van der Waals surface area contributed by atoms with Gasteiger partial charge < -0.3 is 0 Å². The van der Waals surface area contributed by atoms with Gasteiger partial charge >= 0.3 is 56.3 Å². The second kappa shape index (κ2) is 5.14. The van der Waals surface area contributed by atoms with Crippen LogP contribution in [0.2, 0.25) is 0 Å². The fourth-order valence-electron chi connectivity index (χ4n) is 0. The molecule has 0 aliphatic carbocycles. The van der Waals surface area contributed by atoms with Crippen LogP contribution in [0.1, 0.15) is 0 Å². The Labute approximate surface area is 56.0 Å². The monoisotopic (exact) mass is 124 g/mol. The fourth-order valence-corrected chi connectivity index (χ4v) is 0. The van der Waals surface area contributed by atoms with E-state index < -0.39 is 15.4 Å². The van der Waals surface area contributed by atoms with E-state index >= 15 is 0 Å². The molecule has 0 unspecified atom stereocenters. The van der Waals surface area contributed by atoms with Crippen LogP contribution in [-0.4, -0.2) is 33.6 Å². The maximum atomic E-state index is 8.67. The molecule has 0 aliphatic rings. The van der Waals surface area contributed by atoms with Crippen molar-refractivity contribution in [1.82, 2.24) is 0 Å². The molecule has 0 aromatic carbocycles. The van der Waals surface area contributed by atoms with Gasteiger partial charge in [-0.3, -0.25) is 0 Å². The van der Waals surface area contributed by atoms with Crippen molar-refractivity contribution in [3.8, 4) is 0 Å². The predicted molar refractivity (Wildman–Crippen MR) is 10.7 cm³/mol.